The molecule has 21 heavy (non-hydrogen) atoms. The molecule has 6 heteroatoms. The summed E-state index contributed by atoms with van der Waals surface area (Å²) >= 11 is 0. The molecule has 122 valence electrons. The molecular weight excluding hydrogens is 288 g/mol. The standard InChI is InChI=1S/C15H28N2O3S/c1-6-13-14(18)16-12(9-10(2)3)15(19)17(13)8-7-11(4)21(5)20/h10-13H,6-9H2,1-5H3,(H,16,18). The van der Waals surface area contributed by atoms with Gasteiger partial charge in [-0.3, -0.25) is 13.8 Å². The molecule has 4 unspecified atom stereocenters. The number of amides is 2. The second-order valence-electron chi connectivity index (χ2n) is 6.24. The lowest BCUT2D eigenvalue weighted by Crippen LogP contribution is -2.63. The van der Waals surface area contributed by atoms with Crippen LogP contribution in [0.4, 0.5) is 0 Å². The van der Waals surface area contributed by atoms with Gasteiger partial charge in [0.15, 0.2) is 0 Å². The maximum atomic E-state index is 12.6. The van der Waals surface area contributed by atoms with Gasteiger partial charge in [0, 0.05) is 28.9 Å². The summed E-state index contributed by atoms with van der Waals surface area (Å²) in [7, 11) is -0.904. The molecule has 2 amide bonds. The van der Waals surface area contributed by atoms with Crippen molar-refractivity contribution < 1.29 is 13.8 Å². The Labute approximate surface area is 130 Å². The zero-order chi connectivity index (χ0) is 16.2. The third-order valence-electron chi connectivity index (χ3n) is 4.01. The van der Waals surface area contributed by atoms with Crippen LogP contribution in [0.25, 0.3) is 0 Å². The molecule has 0 spiro atoms. The van der Waals surface area contributed by atoms with E-state index in [1.165, 1.54) is 0 Å². The van der Waals surface area contributed by atoms with Crippen molar-refractivity contribution in [3.05, 3.63) is 0 Å². The molecule has 0 saturated carbocycles. The molecule has 1 aliphatic rings. The molecule has 1 aliphatic heterocycles. The van der Waals surface area contributed by atoms with E-state index in [1.54, 1.807) is 11.2 Å². The zero-order valence-corrected chi connectivity index (χ0v) is 14.5. The molecule has 0 radical (unpaired) electrons. The van der Waals surface area contributed by atoms with Crippen LogP contribution in [0.15, 0.2) is 0 Å². The van der Waals surface area contributed by atoms with E-state index in [1.807, 2.05) is 27.7 Å². The normalized spacial score (nSPS) is 25.9. The second-order valence-corrected chi connectivity index (χ2v) is 8.05. The average molecular weight is 316 g/mol. The van der Waals surface area contributed by atoms with Crippen LogP contribution in [0, 0.1) is 5.92 Å². The Morgan fingerprint density at radius 2 is 1.90 bits per heavy atom. The number of carbonyl (C=O) groups excluding carboxylic acids is 2. The summed E-state index contributed by atoms with van der Waals surface area (Å²) in [4.78, 5) is 26.5. The van der Waals surface area contributed by atoms with Crippen LogP contribution in [0.5, 0.6) is 0 Å². The molecule has 0 aliphatic carbocycles. The van der Waals surface area contributed by atoms with Gasteiger partial charge in [0.2, 0.25) is 11.8 Å². The number of nitrogens with one attached hydrogen (secondary N) is 1. The lowest BCUT2D eigenvalue weighted by molar-refractivity contribution is -0.150. The van der Waals surface area contributed by atoms with E-state index < -0.39 is 22.9 Å². The number of carbonyl (C=O) groups is 2. The Morgan fingerprint density at radius 3 is 2.38 bits per heavy atom. The van der Waals surface area contributed by atoms with Gasteiger partial charge in [-0.05, 0) is 25.2 Å². The lowest BCUT2D eigenvalue weighted by atomic mass is 9.97. The zero-order valence-electron chi connectivity index (χ0n) is 13.7. The van der Waals surface area contributed by atoms with E-state index in [2.05, 4.69) is 5.32 Å². The molecule has 1 rings (SSSR count). The van der Waals surface area contributed by atoms with E-state index >= 15 is 0 Å². The highest BCUT2D eigenvalue weighted by molar-refractivity contribution is 7.84. The van der Waals surface area contributed by atoms with Crippen LogP contribution >= 0.6 is 0 Å². The molecule has 0 aromatic rings. The van der Waals surface area contributed by atoms with Gasteiger partial charge in [0.05, 0.1) is 0 Å². The average Bonchev–Trinajstić information content (AvgIpc) is 2.39. The van der Waals surface area contributed by atoms with E-state index in [0.29, 0.717) is 31.7 Å². The van der Waals surface area contributed by atoms with Crippen molar-refractivity contribution in [1.82, 2.24) is 10.2 Å². The van der Waals surface area contributed by atoms with Crippen molar-refractivity contribution in [1.29, 1.82) is 0 Å². The topological polar surface area (TPSA) is 66.5 Å². The summed E-state index contributed by atoms with van der Waals surface area (Å²) in [5.74, 6) is 0.290. The van der Waals surface area contributed by atoms with Gasteiger partial charge >= 0.3 is 0 Å². The third-order valence-corrected chi connectivity index (χ3v) is 5.38. The number of hydrogen-bond donors (Lipinski definition) is 1. The highest BCUT2D eigenvalue weighted by Crippen LogP contribution is 2.18. The largest absolute Gasteiger partial charge is 0.342 e. The summed E-state index contributed by atoms with van der Waals surface area (Å²) in [6.45, 7) is 8.40. The quantitative estimate of drug-likeness (QED) is 0.770. The first-order valence-corrected chi connectivity index (χ1v) is 9.33. The molecule has 1 heterocycles. The monoisotopic (exact) mass is 316 g/mol. The fourth-order valence-corrected chi connectivity index (χ4v) is 3.05. The minimum absolute atomic E-state index is 0.00392. The van der Waals surface area contributed by atoms with E-state index in [4.69, 9.17) is 0 Å². The van der Waals surface area contributed by atoms with Crippen molar-refractivity contribution in [2.24, 2.45) is 5.92 Å². The van der Waals surface area contributed by atoms with Crippen molar-refractivity contribution in [2.75, 3.05) is 12.8 Å². The molecule has 0 bridgehead atoms. The number of hydrogen-bond acceptors (Lipinski definition) is 3. The first-order chi connectivity index (χ1) is 9.77. The van der Waals surface area contributed by atoms with Crippen LogP contribution in [0.2, 0.25) is 0 Å². The number of rotatable bonds is 7. The van der Waals surface area contributed by atoms with Gasteiger partial charge < -0.3 is 10.2 Å². The Hall–Kier alpha value is -0.910. The lowest BCUT2D eigenvalue weighted by Gasteiger charge is -2.39. The SMILES string of the molecule is CCC1C(=O)NC(CC(C)C)C(=O)N1CCC(C)S(C)=O. The second kappa shape index (κ2) is 7.92. The minimum Gasteiger partial charge on any atom is -0.342 e. The summed E-state index contributed by atoms with van der Waals surface area (Å²) in [6, 6.07) is -0.805. The van der Waals surface area contributed by atoms with E-state index in [9.17, 15) is 13.8 Å². The molecule has 5 nitrogen and oxygen atoms in total. The first kappa shape index (κ1) is 18.1. The number of nitrogens with zero attached hydrogens (tertiary/aromatic N) is 1. The van der Waals surface area contributed by atoms with Gasteiger partial charge in [-0.2, -0.15) is 0 Å². The van der Waals surface area contributed by atoms with Crippen LogP contribution in [0.1, 0.15) is 47.0 Å². The summed E-state index contributed by atoms with van der Waals surface area (Å²) in [5.41, 5.74) is 0. The van der Waals surface area contributed by atoms with Gasteiger partial charge in [-0.1, -0.05) is 27.7 Å². The van der Waals surface area contributed by atoms with Crippen molar-refractivity contribution in [2.45, 2.75) is 64.3 Å². The van der Waals surface area contributed by atoms with Crippen LogP contribution < -0.4 is 5.32 Å². The van der Waals surface area contributed by atoms with E-state index in [0.717, 1.165) is 0 Å². The first-order valence-electron chi connectivity index (χ1n) is 7.71. The molecule has 4 atom stereocenters. The Balaban J connectivity index is 2.80. The molecule has 1 N–H and O–H groups in total. The Bertz CT molecular complexity index is 412. The van der Waals surface area contributed by atoms with Gasteiger partial charge in [0.1, 0.15) is 12.1 Å². The fourth-order valence-electron chi connectivity index (χ4n) is 2.61. The van der Waals surface area contributed by atoms with Gasteiger partial charge in [-0.15, -0.1) is 0 Å². The van der Waals surface area contributed by atoms with Gasteiger partial charge in [0.25, 0.3) is 0 Å². The van der Waals surface area contributed by atoms with Crippen LogP contribution in [-0.4, -0.2) is 51.1 Å². The van der Waals surface area contributed by atoms with Crippen LogP contribution in [0.3, 0.4) is 0 Å². The smallest absolute Gasteiger partial charge is 0.245 e. The highest BCUT2D eigenvalue weighted by Gasteiger charge is 2.39. The molecule has 0 aromatic carbocycles. The maximum absolute atomic E-state index is 12.6. The van der Waals surface area contributed by atoms with Crippen molar-refractivity contribution >= 4 is 22.6 Å². The molecule has 1 fully saturated rings. The Kier molecular flexibility index (Phi) is 6.84. The molecular formula is C15H28N2O3S. The minimum atomic E-state index is -0.904. The summed E-state index contributed by atoms with van der Waals surface area (Å²) < 4.78 is 11.5. The Morgan fingerprint density at radius 1 is 1.29 bits per heavy atom. The fraction of sp³-hybridized carbons (Fsp3) is 0.867. The maximum Gasteiger partial charge on any atom is 0.245 e. The molecule has 0 aromatic heterocycles. The third kappa shape index (κ3) is 4.80. The van der Waals surface area contributed by atoms with Gasteiger partial charge in [-0.25, -0.2) is 0 Å². The highest BCUT2D eigenvalue weighted by atomic mass is 32.2. The van der Waals surface area contributed by atoms with Crippen molar-refractivity contribution in [3.8, 4) is 0 Å². The molecule has 1 saturated heterocycles. The summed E-state index contributed by atoms with van der Waals surface area (Å²) in [5, 5.41) is 2.88. The predicted octanol–water partition coefficient (Wildman–Crippen LogP) is 1.30. The van der Waals surface area contributed by atoms with E-state index in [-0.39, 0.29) is 17.1 Å². The van der Waals surface area contributed by atoms with Crippen molar-refractivity contribution in [3.63, 3.8) is 0 Å². The number of piperazine rings is 1. The van der Waals surface area contributed by atoms with Crippen LogP contribution in [-0.2, 0) is 20.4 Å². The summed E-state index contributed by atoms with van der Waals surface area (Å²) in [6.07, 6.45) is 3.60. The predicted molar refractivity (Wildman–Crippen MR) is 85.3 cm³/mol.